The largest absolute Gasteiger partial charge is 0.390 e. The van der Waals surface area contributed by atoms with E-state index < -0.39 is 15.9 Å². The Morgan fingerprint density at radius 2 is 1.71 bits per heavy atom. The number of piperidine rings is 1. The summed E-state index contributed by atoms with van der Waals surface area (Å²) in [6.07, 6.45) is 2.82. The van der Waals surface area contributed by atoms with Gasteiger partial charge >= 0.3 is 0 Å². The normalized spacial score (nSPS) is 38.6. The second-order valence-corrected chi connectivity index (χ2v) is 6.46. The van der Waals surface area contributed by atoms with Gasteiger partial charge in [0.15, 0.2) is 9.84 Å². The first-order chi connectivity index (χ1) is 6.58. The first-order valence-electron chi connectivity index (χ1n) is 5.21. The quantitative estimate of drug-likeness (QED) is 0.654. The Morgan fingerprint density at radius 3 is 2.21 bits per heavy atom. The lowest BCUT2D eigenvalue weighted by Crippen LogP contribution is -2.45. The summed E-state index contributed by atoms with van der Waals surface area (Å²) in [6.45, 7) is 1.88. The zero-order valence-electron chi connectivity index (χ0n) is 8.22. The molecule has 0 amide bonds. The lowest BCUT2D eigenvalue weighted by atomic mass is 10.1. The predicted octanol–water partition coefficient (Wildman–Crippen LogP) is -0.370. The second kappa shape index (κ2) is 3.79. The minimum atomic E-state index is -2.99. The second-order valence-electron chi connectivity index (χ2n) is 4.31. The molecule has 2 aliphatic heterocycles. The summed E-state index contributed by atoms with van der Waals surface area (Å²) in [5.41, 5.74) is 0. The van der Waals surface area contributed by atoms with E-state index in [1.54, 1.807) is 0 Å². The van der Waals surface area contributed by atoms with Crippen LogP contribution in [0.3, 0.4) is 0 Å². The van der Waals surface area contributed by atoms with E-state index in [2.05, 4.69) is 4.90 Å². The van der Waals surface area contributed by atoms with Crippen LogP contribution in [0.2, 0.25) is 0 Å². The van der Waals surface area contributed by atoms with Crippen LogP contribution in [0.15, 0.2) is 0 Å². The molecule has 2 aliphatic rings. The van der Waals surface area contributed by atoms with Crippen LogP contribution in [0, 0.1) is 0 Å². The van der Waals surface area contributed by atoms with Crippen LogP contribution in [-0.2, 0) is 9.84 Å². The predicted molar refractivity (Wildman–Crippen MR) is 53.9 cm³/mol. The third-order valence-electron chi connectivity index (χ3n) is 3.15. The molecule has 0 aliphatic carbocycles. The van der Waals surface area contributed by atoms with Crippen LogP contribution in [0.1, 0.15) is 19.3 Å². The molecule has 0 aromatic rings. The molecule has 4 nitrogen and oxygen atoms in total. The van der Waals surface area contributed by atoms with Crippen molar-refractivity contribution in [1.82, 2.24) is 4.90 Å². The van der Waals surface area contributed by atoms with Gasteiger partial charge in [0.25, 0.3) is 0 Å². The summed E-state index contributed by atoms with van der Waals surface area (Å²) in [4.78, 5) is 2.14. The molecule has 82 valence electrons. The molecule has 2 rings (SSSR count). The number of likely N-dealkylation sites (tertiary alicyclic amines) is 1. The standard InChI is InChI=1S/C9H17NO3S/c11-9-7-14(12,13)6-8(9)10-4-2-1-3-5-10/h8-9,11H,1-7H2/t8-,9+/m1/s1. The molecule has 0 saturated carbocycles. The molecule has 2 saturated heterocycles. The molecule has 1 N–H and O–H groups in total. The lowest BCUT2D eigenvalue weighted by molar-refractivity contribution is 0.0706. The maximum absolute atomic E-state index is 11.3. The van der Waals surface area contributed by atoms with Crippen molar-refractivity contribution in [3.8, 4) is 0 Å². The van der Waals surface area contributed by atoms with Crippen LogP contribution >= 0.6 is 0 Å². The van der Waals surface area contributed by atoms with E-state index in [1.807, 2.05) is 0 Å². The van der Waals surface area contributed by atoms with Crippen molar-refractivity contribution in [2.24, 2.45) is 0 Å². The van der Waals surface area contributed by atoms with Gasteiger partial charge in [0.1, 0.15) is 0 Å². The van der Waals surface area contributed by atoms with E-state index in [1.165, 1.54) is 6.42 Å². The Bertz CT molecular complexity index is 295. The number of sulfone groups is 1. The van der Waals surface area contributed by atoms with Gasteiger partial charge in [0.05, 0.1) is 23.7 Å². The van der Waals surface area contributed by atoms with Gasteiger partial charge in [-0.2, -0.15) is 0 Å². The van der Waals surface area contributed by atoms with Crippen molar-refractivity contribution in [3.05, 3.63) is 0 Å². The Hall–Kier alpha value is -0.130. The molecule has 0 aromatic carbocycles. The van der Waals surface area contributed by atoms with Crippen molar-refractivity contribution in [3.63, 3.8) is 0 Å². The van der Waals surface area contributed by atoms with Crippen LogP contribution in [0.25, 0.3) is 0 Å². The zero-order chi connectivity index (χ0) is 10.2. The first-order valence-corrected chi connectivity index (χ1v) is 7.03. The number of rotatable bonds is 1. The van der Waals surface area contributed by atoms with Crippen molar-refractivity contribution < 1.29 is 13.5 Å². The van der Waals surface area contributed by atoms with Crippen molar-refractivity contribution >= 4 is 9.84 Å². The first kappa shape index (κ1) is 10.4. The maximum Gasteiger partial charge on any atom is 0.154 e. The molecule has 0 spiro atoms. The van der Waals surface area contributed by atoms with Gasteiger partial charge in [0, 0.05) is 0 Å². The fourth-order valence-electron chi connectivity index (χ4n) is 2.41. The number of hydrogen-bond donors (Lipinski definition) is 1. The van der Waals surface area contributed by atoms with Crippen LogP contribution < -0.4 is 0 Å². The van der Waals surface area contributed by atoms with E-state index in [0.29, 0.717) is 0 Å². The van der Waals surface area contributed by atoms with Crippen molar-refractivity contribution in [2.75, 3.05) is 24.6 Å². The molecule has 2 atom stereocenters. The summed E-state index contributed by atoms with van der Waals surface area (Å²) in [6, 6.07) is -0.139. The SMILES string of the molecule is O=S1(=O)C[C@@H](N2CCCCC2)[C@@H](O)C1. The molecule has 0 bridgehead atoms. The molecule has 0 radical (unpaired) electrons. The third-order valence-corrected chi connectivity index (χ3v) is 4.85. The average molecular weight is 219 g/mol. The Labute approximate surface area is 84.8 Å². The van der Waals surface area contributed by atoms with E-state index >= 15 is 0 Å². The van der Waals surface area contributed by atoms with E-state index in [-0.39, 0.29) is 17.5 Å². The fourth-order valence-corrected chi connectivity index (χ4v) is 4.24. The summed E-state index contributed by atoms with van der Waals surface area (Å²) >= 11 is 0. The molecule has 5 heteroatoms. The molecule has 0 unspecified atom stereocenters. The highest BCUT2D eigenvalue weighted by atomic mass is 32.2. The van der Waals surface area contributed by atoms with Crippen molar-refractivity contribution in [2.45, 2.75) is 31.4 Å². The van der Waals surface area contributed by atoms with Gasteiger partial charge in [-0.1, -0.05) is 6.42 Å². The topological polar surface area (TPSA) is 57.6 Å². The highest BCUT2D eigenvalue weighted by Gasteiger charge is 2.39. The van der Waals surface area contributed by atoms with Gasteiger partial charge in [-0.05, 0) is 25.9 Å². The minimum Gasteiger partial charge on any atom is -0.390 e. The molecular formula is C9H17NO3S. The number of aliphatic hydroxyl groups excluding tert-OH is 1. The molecule has 2 heterocycles. The van der Waals surface area contributed by atoms with E-state index in [9.17, 15) is 13.5 Å². The molecular weight excluding hydrogens is 202 g/mol. The maximum atomic E-state index is 11.3. The number of aliphatic hydroxyl groups is 1. The summed E-state index contributed by atoms with van der Waals surface area (Å²) in [7, 11) is -2.99. The van der Waals surface area contributed by atoms with Gasteiger partial charge < -0.3 is 5.11 Å². The Balaban J connectivity index is 2.04. The highest BCUT2D eigenvalue weighted by Crippen LogP contribution is 2.21. The zero-order valence-corrected chi connectivity index (χ0v) is 9.04. The number of hydrogen-bond acceptors (Lipinski definition) is 4. The summed E-state index contributed by atoms with van der Waals surface area (Å²) in [5.74, 6) is 0.0995. The Kier molecular flexibility index (Phi) is 2.81. The van der Waals surface area contributed by atoms with Crippen LogP contribution in [0.4, 0.5) is 0 Å². The van der Waals surface area contributed by atoms with Gasteiger partial charge in [0.2, 0.25) is 0 Å². The third kappa shape index (κ3) is 2.10. The molecule has 0 aromatic heterocycles. The van der Waals surface area contributed by atoms with Crippen LogP contribution in [0.5, 0.6) is 0 Å². The fraction of sp³-hybridized carbons (Fsp3) is 1.00. The minimum absolute atomic E-state index is 0.0475. The molecule has 14 heavy (non-hydrogen) atoms. The summed E-state index contributed by atoms with van der Waals surface area (Å²) in [5, 5.41) is 9.66. The smallest absolute Gasteiger partial charge is 0.154 e. The van der Waals surface area contributed by atoms with Gasteiger partial charge in [-0.3, -0.25) is 4.90 Å². The highest BCUT2D eigenvalue weighted by molar-refractivity contribution is 7.91. The number of nitrogens with zero attached hydrogens (tertiary/aromatic N) is 1. The molecule has 2 fully saturated rings. The van der Waals surface area contributed by atoms with Crippen LogP contribution in [-0.4, -0.2) is 55.2 Å². The van der Waals surface area contributed by atoms with Gasteiger partial charge in [-0.25, -0.2) is 8.42 Å². The lowest BCUT2D eigenvalue weighted by Gasteiger charge is -2.33. The Morgan fingerprint density at radius 1 is 1.07 bits per heavy atom. The summed E-state index contributed by atoms with van der Waals surface area (Å²) < 4.78 is 22.6. The average Bonchev–Trinajstić information content (AvgIpc) is 2.41. The van der Waals surface area contributed by atoms with Gasteiger partial charge in [-0.15, -0.1) is 0 Å². The monoisotopic (exact) mass is 219 g/mol. The van der Waals surface area contributed by atoms with E-state index in [4.69, 9.17) is 0 Å². The van der Waals surface area contributed by atoms with E-state index in [0.717, 1.165) is 25.9 Å². The van der Waals surface area contributed by atoms with Crippen molar-refractivity contribution in [1.29, 1.82) is 0 Å².